The lowest BCUT2D eigenvalue weighted by atomic mass is 10.2. The topological polar surface area (TPSA) is 145 Å². The van der Waals surface area contributed by atoms with E-state index in [0.29, 0.717) is 11.6 Å². The van der Waals surface area contributed by atoms with Crippen LogP contribution in [-0.4, -0.2) is 57.8 Å². The molecule has 3 rings (SSSR count). The summed E-state index contributed by atoms with van der Waals surface area (Å²) in [6, 6.07) is 6.18. The summed E-state index contributed by atoms with van der Waals surface area (Å²) in [5.41, 5.74) is 6.12. The predicted octanol–water partition coefficient (Wildman–Crippen LogP) is 1.56. The normalized spacial score (nSPS) is 11.6. The third-order valence-electron chi connectivity index (χ3n) is 4.67. The third kappa shape index (κ3) is 4.49. The van der Waals surface area contributed by atoms with Crippen LogP contribution in [0.4, 0.5) is 16.6 Å². The number of halogens is 1. The summed E-state index contributed by atoms with van der Waals surface area (Å²) < 4.78 is 28.3. The summed E-state index contributed by atoms with van der Waals surface area (Å²) in [5.74, 6) is -0.694. The Bertz CT molecular complexity index is 1300. The molecule has 0 aliphatic rings. The van der Waals surface area contributed by atoms with E-state index in [1.165, 1.54) is 23.4 Å². The average Bonchev–Trinajstić information content (AvgIpc) is 3.00. The number of benzene rings is 1. The van der Waals surface area contributed by atoms with Crippen molar-refractivity contribution in [3.05, 3.63) is 45.3 Å². The highest BCUT2D eigenvalue weighted by Crippen LogP contribution is 2.21. The standard InChI is InChI=1S/C18H22ClN7O4S/c1-4-24(3)17(27)26-13-14(20)21-16(23-31(29,30)5-2)22-15(13)25(18(26)28)10-11-6-8-12(19)9-7-11/h6-9H,4-5,10H2,1-3H3,(H3,20,21,22,23). The maximum Gasteiger partial charge on any atom is 0.339 e. The van der Waals surface area contributed by atoms with Gasteiger partial charge in [-0.15, -0.1) is 0 Å². The second-order valence-corrected chi connectivity index (χ2v) is 9.18. The molecular formula is C18H22ClN7O4S. The Hall–Kier alpha value is -3.12. The van der Waals surface area contributed by atoms with Gasteiger partial charge in [-0.25, -0.2) is 22.6 Å². The first-order chi connectivity index (χ1) is 14.6. The molecule has 0 saturated carbocycles. The summed E-state index contributed by atoms with van der Waals surface area (Å²) >= 11 is 5.93. The van der Waals surface area contributed by atoms with Crippen LogP contribution in [0, 0.1) is 0 Å². The summed E-state index contributed by atoms with van der Waals surface area (Å²) in [6.07, 6.45) is 0. The summed E-state index contributed by atoms with van der Waals surface area (Å²) in [7, 11) is -2.15. The molecule has 3 aromatic rings. The second-order valence-electron chi connectivity index (χ2n) is 6.74. The van der Waals surface area contributed by atoms with Gasteiger partial charge in [-0.05, 0) is 31.5 Å². The van der Waals surface area contributed by atoms with Gasteiger partial charge in [0.2, 0.25) is 16.0 Å². The second kappa shape index (κ2) is 8.55. The number of nitrogen functional groups attached to an aromatic ring is 1. The van der Waals surface area contributed by atoms with Gasteiger partial charge in [-0.1, -0.05) is 23.7 Å². The van der Waals surface area contributed by atoms with Crippen LogP contribution in [0.5, 0.6) is 0 Å². The van der Waals surface area contributed by atoms with Crippen molar-refractivity contribution in [1.82, 2.24) is 24.0 Å². The van der Waals surface area contributed by atoms with E-state index in [9.17, 15) is 18.0 Å². The maximum absolute atomic E-state index is 13.2. The van der Waals surface area contributed by atoms with E-state index in [2.05, 4.69) is 14.7 Å². The number of amides is 1. The summed E-state index contributed by atoms with van der Waals surface area (Å²) in [4.78, 5) is 35.6. The highest BCUT2D eigenvalue weighted by molar-refractivity contribution is 7.92. The largest absolute Gasteiger partial charge is 0.382 e. The molecule has 0 bridgehead atoms. The third-order valence-corrected chi connectivity index (χ3v) is 6.17. The minimum atomic E-state index is -3.69. The molecular weight excluding hydrogens is 446 g/mol. The van der Waals surface area contributed by atoms with E-state index >= 15 is 0 Å². The Balaban J connectivity index is 2.27. The van der Waals surface area contributed by atoms with Gasteiger partial charge in [-0.3, -0.25) is 9.29 Å². The molecule has 2 heterocycles. The molecule has 0 aliphatic heterocycles. The minimum Gasteiger partial charge on any atom is -0.382 e. The van der Waals surface area contributed by atoms with E-state index in [0.717, 1.165) is 10.1 Å². The molecule has 166 valence electrons. The van der Waals surface area contributed by atoms with Crippen molar-refractivity contribution in [1.29, 1.82) is 0 Å². The fourth-order valence-corrected chi connectivity index (χ4v) is 3.46. The number of fused-ring (bicyclic) bond motifs is 1. The smallest absolute Gasteiger partial charge is 0.339 e. The van der Waals surface area contributed by atoms with Crippen molar-refractivity contribution in [2.24, 2.45) is 0 Å². The highest BCUT2D eigenvalue weighted by atomic mass is 35.5. The Morgan fingerprint density at radius 1 is 1.23 bits per heavy atom. The minimum absolute atomic E-state index is 0.00344. The molecule has 2 aromatic heterocycles. The number of nitrogens with two attached hydrogens (primary N) is 1. The monoisotopic (exact) mass is 467 g/mol. The number of anilines is 2. The van der Waals surface area contributed by atoms with Crippen LogP contribution in [0.25, 0.3) is 11.2 Å². The molecule has 0 radical (unpaired) electrons. The molecule has 0 aliphatic carbocycles. The lowest BCUT2D eigenvalue weighted by Gasteiger charge is -2.14. The number of nitrogens with one attached hydrogen (secondary N) is 1. The van der Waals surface area contributed by atoms with E-state index in [-0.39, 0.29) is 35.2 Å². The Morgan fingerprint density at radius 3 is 2.45 bits per heavy atom. The van der Waals surface area contributed by atoms with E-state index in [1.54, 1.807) is 31.2 Å². The zero-order valence-electron chi connectivity index (χ0n) is 17.2. The zero-order valence-corrected chi connectivity index (χ0v) is 18.7. The van der Waals surface area contributed by atoms with Gasteiger partial charge in [0.05, 0.1) is 12.3 Å². The van der Waals surface area contributed by atoms with Gasteiger partial charge >= 0.3 is 11.7 Å². The number of imidazole rings is 1. The Kier molecular flexibility index (Phi) is 6.23. The molecule has 0 unspecified atom stereocenters. The van der Waals surface area contributed by atoms with Crippen LogP contribution in [-0.2, 0) is 16.6 Å². The first-order valence-electron chi connectivity index (χ1n) is 9.37. The van der Waals surface area contributed by atoms with Crippen LogP contribution in [0.3, 0.4) is 0 Å². The highest BCUT2D eigenvalue weighted by Gasteiger charge is 2.25. The van der Waals surface area contributed by atoms with Crippen LogP contribution < -0.4 is 16.1 Å². The number of sulfonamides is 1. The van der Waals surface area contributed by atoms with Gasteiger partial charge < -0.3 is 10.6 Å². The van der Waals surface area contributed by atoms with Gasteiger partial charge in [0.25, 0.3) is 0 Å². The number of nitrogens with zero attached hydrogens (tertiary/aromatic N) is 5. The summed E-state index contributed by atoms with van der Waals surface area (Å²) in [5, 5.41) is 0.529. The number of hydrogen-bond donors (Lipinski definition) is 2. The number of aromatic nitrogens is 4. The van der Waals surface area contributed by atoms with Crippen LogP contribution in [0.1, 0.15) is 19.4 Å². The molecule has 0 saturated heterocycles. The van der Waals surface area contributed by atoms with Crippen molar-refractivity contribution in [3.8, 4) is 0 Å². The van der Waals surface area contributed by atoms with Crippen molar-refractivity contribution in [2.45, 2.75) is 20.4 Å². The number of carbonyl (C=O) groups excluding carboxylic acids is 1. The number of carbonyl (C=O) groups is 1. The maximum atomic E-state index is 13.2. The lowest BCUT2D eigenvalue weighted by molar-refractivity contribution is 0.212. The SMILES string of the molecule is CCN(C)C(=O)n1c(=O)n(Cc2ccc(Cl)cc2)c2nc(NS(=O)(=O)CC)nc(N)c21. The fourth-order valence-electron chi connectivity index (χ4n) is 2.82. The van der Waals surface area contributed by atoms with Gasteiger partial charge in [0, 0.05) is 18.6 Å². The lowest BCUT2D eigenvalue weighted by Crippen LogP contribution is -2.38. The molecule has 11 nitrogen and oxygen atoms in total. The van der Waals surface area contributed by atoms with Crippen molar-refractivity contribution in [3.63, 3.8) is 0 Å². The Labute approximate surface area is 183 Å². The first-order valence-corrected chi connectivity index (χ1v) is 11.4. The molecule has 1 amide bonds. The fraction of sp³-hybridized carbons (Fsp3) is 0.333. The van der Waals surface area contributed by atoms with Crippen molar-refractivity contribution >= 4 is 50.6 Å². The first kappa shape index (κ1) is 22.6. The van der Waals surface area contributed by atoms with Gasteiger partial charge in [0.1, 0.15) is 5.52 Å². The average molecular weight is 468 g/mol. The Morgan fingerprint density at radius 2 is 1.87 bits per heavy atom. The molecule has 3 N–H and O–H groups in total. The molecule has 13 heteroatoms. The van der Waals surface area contributed by atoms with Crippen molar-refractivity contribution in [2.75, 3.05) is 29.8 Å². The van der Waals surface area contributed by atoms with Crippen molar-refractivity contribution < 1.29 is 13.2 Å². The number of rotatable bonds is 6. The quantitative estimate of drug-likeness (QED) is 0.559. The van der Waals surface area contributed by atoms with Crippen LogP contribution in [0.15, 0.2) is 29.1 Å². The number of hydrogen-bond acceptors (Lipinski definition) is 7. The molecule has 0 spiro atoms. The van der Waals surface area contributed by atoms with Gasteiger partial charge in [-0.2, -0.15) is 9.97 Å². The van der Waals surface area contributed by atoms with E-state index in [4.69, 9.17) is 17.3 Å². The van der Waals surface area contributed by atoms with Crippen LogP contribution in [0.2, 0.25) is 5.02 Å². The predicted molar refractivity (Wildman–Crippen MR) is 119 cm³/mol. The zero-order chi connectivity index (χ0) is 22.9. The van der Waals surface area contributed by atoms with Gasteiger partial charge in [0.15, 0.2) is 11.5 Å². The molecule has 0 fully saturated rings. The molecule has 1 aromatic carbocycles. The summed E-state index contributed by atoms with van der Waals surface area (Å²) in [6.45, 7) is 3.62. The van der Waals surface area contributed by atoms with Crippen LogP contribution >= 0.6 is 11.6 Å². The molecule has 0 atom stereocenters. The van der Waals surface area contributed by atoms with E-state index < -0.39 is 21.7 Å². The van der Waals surface area contributed by atoms with E-state index in [1.807, 2.05) is 0 Å². The molecule has 31 heavy (non-hydrogen) atoms.